The van der Waals surface area contributed by atoms with Crippen molar-refractivity contribution in [1.29, 1.82) is 0 Å². The van der Waals surface area contributed by atoms with Gasteiger partial charge in [-0.2, -0.15) is 0 Å². The summed E-state index contributed by atoms with van der Waals surface area (Å²) in [7, 11) is 1.81. The highest BCUT2D eigenvalue weighted by Gasteiger charge is 2.29. The van der Waals surface area contributed by atoms with E-state index in [9.17, 15) is 0 Å². The molecule has 8 heteroatoms. The van der Waals surface area contributed by atoms with Crippen molar-refractivity contribution in [3.8, 4) is 0 Å². The highest BCUT2D eigenvalue weighted by molar-refractivity contribution is 14.0. The molecular formula is C17H30IN5OS. The van der Waals surface area contributed by atoms with Gasteiger partial charge in [-0.15, -0.1) is 35.3 Å². The van der Waals surface area contributed by atoms with E-state index in [1.165, 1.54) is 18.0 Å². The van der Waals surface area contributed by atoms with Crippen molar-refractivity contribution < 1.29 is 4.74 Å². The molecule has 0 radical (unpaired) electrons. The van der Waals surface area contributed by atoms with Crippen molar-refractivity contribution in [2.75, 3.05) is 44.7 Å². The molecule has 2 N–H and O–H groups in total. The number of halogens is 1. The molecule has 25 heavy (non-hydrogen) atoms. The number of rotatable bonds is 6. The number of hydrogen-bond acceptors (Lipinski definition) is 5. The summed E-state index contributed by atoms with van der Waals surface area (Å²) >= 11 is 1.76. The molecule has 0 aromatic carbocycles. The Bertz CT molecular complexity index is 553. The zero-order valence-corrected chi connectivity index (χ0v) is 18.4. The van der Waals surface area contributed by atoms with Crippen LogP contribution in [-0.2, 0) is 11.2 Å². The maximum absolute atomic E-state index is 5.80. The number of hydrogen-bond donors (Lipinski definition) is 2. The highest BCUT2D eigenvalue weighted by atomic mass is 127. The van der Waals surface area contributed by atoms with Crippen LogP contribution < -0.4 is 15.5 Å². The number of guanidine groups is 1. The molecular weight excluding hydrogens is 449 g/mol. The summed E-state index contributed by atoms with van der Waals surface area (Å²) in [6.45, 7) is 6.97. The Morgan fingerprint density at radius 3 is 2.84 bits per heavy atom. The van der Waals surface area contributed by atoms with Crippen molar-refractivity contribution in [1.82, 2.24) is 15.6 Å². The third-order valence-electron chi connectivity index (χ3n) is 4.74. The Labute approximate surface area is 171 Å². The highest BCUT2D eigenvalue weighted by Crippen LogP contribution is 2.25. The monoisotopic (exact) mass is 479 g/mol. The molecule has 0 saturated carbocycles. The first-order chi connectivity index (χ1) is 11.7. The van der Waals surface area contributed by atoms with Gasteiger partial charge in [0, 0.05) is 51.6 Å². The molecule has 3 rings (SSSR count). The van der Waals surface area contributed by atoms with Crippen LogP contribution in [0.4, 0.5) is 5.13 Å². The molecule has 0 spiro atoms. The van der Waals surface area contributed by atoms with Crippen LogP contribution >= 0.6 is 35.3 Å². The van der Waals surface area contributed by atoms with Gasteiger partial charge in [-0.05, 0) is 32.6 Å². The Balaban J connectivity index is 0.00000225. The van der Waals surface area contributed by atoms with Crippen LogP contribution in [-0.4, -0.2) is 56.4 Å². The van der Waals surface area contributed by atoms with Crippen LogP contribution in [0.5, 0.6) is 0 Å². The summed E-state index contributed by atoms with van der Waals surface area (Å²) in [4.78, 5) is 11.4. The second-order valence-electron chi connectivity index (χ2n) is 6.82. The van der Waals surface area contributed by atoms with Gasteiger partial charge in [-0.1, -0.05) is 0 Å². The molecule has 1 aromatic rings. The Kier molecular flexibility index (Phi) is 8.21. The van der Waals surface area contributed by atoms with E-state index in [2.05, 4.69) is 32.8 Å². The number of nitrogens with zero attached hydrogens (tertiary/aromatic N) is 3. The van der Waals surface area contributed by atoms with Gasteiger partial charge >= 0.3 is 0 Å². The molecule has 0 aliphatic carbocycles. The average molecular weight is 479 g/mol. The molecule has 2 saturated heterocycles. The molecule has 3 heterocycles. The number of thiazole rings is 1. The van der Waals surface area contributed by atoms with Crippen LogP contribution in [0.2, 0.25) is 0 Å². The first kappa shape index (κ1) is 20.7. The minimum absolute atomic E-state index is 0. The quantitative estimate of drug-likeness (QED) is 0.373. The maximum atomic E-state index is 5.80. The lowest BCUT2D eigenvalue weighted by Crippen LogP contribution is -2.45. The maximum Gasteiger partial charge on any atom is 0.191 e. The predicted molar refractivity (Wildman–Crippen MR) is 116 cm³/mol. The summed E-state index contributed by atoms with van der Waals surface area (Å²) in [5.41, 5.74) is 1.10. The normalized spacial score (nSPS) is 23.6. The Hall–Kier alpha value is -0.610. The summed E-state index contributed by atoms with van der Waals surface area (Å²) < 4.78 is 5.80. The molecule has 1 atom stereocenters. The standard InChI is InChI=1S/C17H29N5OS.HI/c1-17(7-5-11-23-17)13-20-15(18-2)19-8-6-14-12-24-16(21-14)22-9-3-4-10-22;/h12H,3-11,13H2,1-2H3,(H2,18,19,20);1H. The minimum Gasteiger partial charge on any atom is -0.373 e. The molecule has 6 nitrogen and oxygen atoms in total. The van der Waals surface area contributed by atoms with Crippen molar-refractivity contribution in [2.45, 2.75) is 44.6 Å². The van der Waals surface area contributed by atoms with E-state index in [0.29, 0.717) is 0 Å². The van der Waals surface area contributed by atoms with E-state index in [4.69, 9.17) is 9.72 Å². The first-order valence-corrected chi connectivity index (χ1v) is 9.84. The Morgan fingerprint density at radius 1 is 1.36 bits per heavy atom. The van der Waals surface area contributed by atoms with Gasteiger partial charge in [0.15, 0.2) is 11.1 Å². The number of ether oxygens (including phenoxy) is 1. The van der Waals surface area contributed by atoms with Crippen LogP contribution in [0, 0.1) is 0 Å². The molecule has 2 aliphatic rings. The Morgan fingerprint density at radius 2 is 2.16 bits per heavy atom. The second-order valence-corrected chi connectivity index (χ2v) is 7.66. The number of aromatic nitrogens is 1. The molecule has 0 bridgehead atoms. The second kappa shape index (κ2) is 9.91. The van der Waals surface area contributed by atoms with Crippen LogP contribution in [0.15, 0.2) is 10.4 Å². The molecule has 0 amide bonds. The van der Waals surface area contributed by atoms with Gasteiger partial charge < -0.3 is 20.3 Å². The molecule has 2 aliphatic heterocycles. The fraction of sp³-hybridized carbons (Fsp3) is 0.765. The predicted octanol–water partition coefficient (Wildman–Crippen LogP) is 2.64. The lowest BCUT2D eigenvalue weighted by Gasteiger charge is -2.24. The van der Waals surface area contributed by atoms with Crippen molar-refractivity contribution >= 4 is 46.4 Å². The third-order valence-corrected chi connectivity index (χ3v) is 5.69. The number of anilines is 1. The van der Waals surface area contributed by atoms with Crippen molar-refractivity contribution in [3.63, 3.8) is 0 Å². The third kappa shape index (κ3) is 5.96. The fourth-order valence-electron chi connectivity index (χ4n) is 3.24. The minimum atomic E-state index is -0.0584. The average Bonchev–Trinajstić information content (AvgIpc) is 3.32. The summed E-state index contributed by atoms with van der Waals surface area (Å²) in [6.07, 6.45) is 5.75. The zero-order valence-electron chi connectivity index (χ0n) is 15.2. The summed E-state index contributed by atoms with van der Waals surface area (Å²) in [5, 5.41) is 10.1. The number of nitrogens with one attached hydrogen (secondary N) is 2. The summed E-state index contributed by atoms with van der Waals surface area (Å²) in [6, 6.07) is 0. The lowest BCUT2D eigenvalue weighted by atomic mass is 10.0. The van der Waals surface area contributed by atoms with Gasteiger partial charge in [0.2, 0.25) is 0 Å². The van der Waals surface area contributed by atoms with Gasteiger partial charge in [0.1, 0.15) is 0 Å². The van der Waals surface area contributed by atoms with E-state index in [1.54, 1.807) is 11.3 Å². The van der Waals surface area contributed by atoms with Crippen LogP contribution in [0.3, 0.4) is 0 Å². The zero-order chi connectivity index (χ0) is 16.8. The van der Waals surface area contributed by atoms with Gasteiger partial charge in [0.05, 0.1) is 11.3 Å². The van der Waals surface area contributed by atoms with E-state index in [0.717, 1.165) is 63.7 Å². The lowest BCUT2D eigenvalue weighted by molar-refractivity contribution is 0.0243. The van der Waals surface area contributed by atoms with Crippen molar-refractivity contribution in [2.24, 2.45) is 4.99 Å². The number of aliphatic imine (C=N–C) groups is 1. The van der Waals surface area contributed by atoms with E-state index in [-0.39, 0.29) is 29.6 Å². The van der Waals surface area contributed by atoms with E-state index in [1.807, 2.05) is 7.05 Å². The van der Waals surface area contributed by atoms with Gasteiger partial charge in [-0.3, -0.25) is 4.99 Å². The van der Waals surface area contributed by atoms with E-state index >= 15 is 0 Å². The molecule has 1 aromatic heterocycles. The molecule has 1 unspecified atom stereocenters. The van der Waals surface area contributed by atoms with Crippen LogP contribution in [0.1, 0.15) is 38.3 Å². The smallest absolute Gasteiger partial charge is 0.191 e. The largest absolute Gasteiger partial charge is 0.373 e. The fourth-order valence-corrected chi connectivity index (χ4v) is 4.15. The van der Waals surface area contributed by atoms with Crippen molar-refractivity contribution in [3.05, 3.63) is 11.1 Å². The molecule has 142 valence electrons. The molecule has 2 fully saturated rings. The summed E-state index contributed by atoms with van der Waals surface area (Å²) in [5.74, 6) is 0.835. The van der Waals surface area contributed by atoms with Gasteiger partial charge in [-0.25, -0.2) is 4.98 Å². The topological polar surface area (TPSA) is 61.8 Å². The van der Waals surface area contributed by atoms with Gasteiger partial charge in [0.25, 0.3) is 0 Å². The van der Waals surface area contributed by atoms with E-state index < -0.39 is 0 Å². The SMILES string of the molecule is CN=C(NCCc1csc(N2CCCC2)n1)NCC1(C)CCCO1.I. The van der Waals surface area contributed by atoms with Crippen LogP contribution in [0.25, 0.3) is 0 Å². The first-order valence-electron chi connectivity index (χ1n) is 8.96.